The molecule has 3 aromatic carbocycles. The van der Waals surface area contributed by atoms with Gasteiger partial charge in [0.1, 0.15) is 42.2 Å². The number of thioether (sulfide) groups is 1. The third-order valence-corrected chi connectivity index (χ3v) is 10.9. The van der Waals surface area contributed by atoms with Gasteiger partial charge < -0.3 is 40.2 Å². The summed E-state index contributed by atoms with van der Waals surface area (Å²) in [5.41, 5.74) is 8.49. The maximum absolute atomic E-state index is 14.0. The number of non-ortho nitro benzene ring substituents is 1. The third-order valence-electron chi connectivity index (χ3n) is 9.19. The van der Waals surface area contributed by atoms with Gasteiger partial charge in [-0.25, -0.2) is 29.6 Å². The van der Waals surface area contributed by atoms with E-state index < -0.39 is 69.2 Å². The number of benzene rings is 3. The standard InChI is InChI=1S/C36H36N8O13S/c1-20(45)57-26-13-7-23(8-14-26)27(39-34(50)56-18-22-5-11-25(54-2)12-6-22)29(46)38-28-30(47)41-19-36(58-31(28)41,42-15-16-43(35(42)51)40-33(37)49)32(48)55-17-21-3-9-24(10-4-21)44(52)53/h3-14,27-28,31H,15-19H2,1-2H3,(H,38,46)(H,39,50)(H3,37,40,49)/t27-,28-,31-,36-/m1/s1. The molecule has 21 nitrogen and oxygen atoms in total. The lowest BCUT2D eigenvalue weighted by Gasteiger charge is -2.41. The Morgan fingerprint density at radius 3 is 2.16 bits per heavy atom. The van der Waals surface area contributed by atoms with Gasteiger partial charge in [-0.15, -0.1) is 0 Å². The van der Waals surface area contributed by atoms with Crippen LogP contribution in [0.25, 0.3) is 0 Å². The molecule has 22 heteroatoms. The minimum absolute atomic E-state index is 0.0728. The number of nitrogens with two attached hydrogens (primary N) is 1. The van der Waals surface area contributed by atoms with Crippen molar-refractivity contribution < 1.29 is 57.4 Å². The highest BCUT2D eigenvalue weighted by Gasteiger charge is 2.67. The second kappa shape index (κ2) is 17.0. The molecule has 0 radical (unpaired) electrons. The molecule has 4 atom stereocenters. The molecule has 3 aromatic rings. The van der Waals surface area contributed by atoms with Crippen LogP contribution in [0.4, 0.5) is 20.1 Å². The number of primary amides is 1. The number of nitro benzene ring substituents is 1. The number of carbonyl (C=O) groups is 7. The van der Waals surface area contributed by atoms with Gasteiger partial charge in [-0.2, -0.15) is 0 Å². The van der Waals surface area contributed by atoms with Gasteiger partial charge in [0, 0.05) is 25.6 Å². The quantitative estimate of drug-likeness (QED) is 0.0592. The Bertz CT molecular complexity index is 2120. The van der Waals surface area contributed by atoms with Gasteiger partial charge in [0.05, 0.1) is 25.1 Å². The molecule has 304 valence electrons. The van der Waals surface area contributed by atoms with Crippen LogP contribution in [0.15, 0.2) is 72.8 Å². The van der Waals surface area contributed by atoms with Gasteiger partial charge in [0.2, 0.25) is 16.7 Å². The molecule has 3 aliphatic heterocycles. The summed E-state index contributed by atoms with van der Waals surface area (Å²) >= 11 is 0.862. The topological polar surface area (TPSA) is 271 Å². The van der Waals surface area contributed by atoms with Crippen molar-refractivity contribution in [1.82, 2.24) is 30.9 Å². The second-order valence-corrected chi connectivity index (χ2v) is 14.4. The van der Waals surface area contributed by atoms with Gasteiger partial charge in [0.15, 0.2) is 0 Å². The van der Waals surface area contributed by atoms with Gasteiger partial charge >= 0.3 is 30.1 Å². The summed E-state index contributed by atoms with van der Waals surface area (Å²) in [6, 6.07) is 13.1. The van der Waals surface area contributed by atoms with Crippen LogP contribution in [0.1, 0.15) is 29.7 Å². The number of urea groups is 2. The van der Waals surface area contributed by atoms with Crippen molar-refractivity contribution in [2.75, 3.05) is 26.7 Å². The van der Waals surface area contributed by atoms with E-state index in [1.807, 2.05) is 0 Å². The van der Waals surface area contributed by atoms with Crippen LogP contribution in [0, 0.1) is 10.1 Å². The monoisotopic (exact) mass is 820 g/mol. The number of hydrazine groups is 1. The zero-order valence-corrected chi connectivity index (χ0v) is 31.6. The van der Waals surface area contributed by atoms with Crippen LogP contribution in [0.3, 0.4) is 0 Å². The number of hydrogen-bond donors (Lipinski definition) is 4. The zero-order chi connectivity index (χ0) is 41.7. The maximum atomic E-state index is 14.0. The van der Waals surface area contributed by atoms with Crippen molar-refractivity contribution in [3.05, 3.63) is 99.6 Å². The minimum Gasteiger partial charge on any atom is -0.497 e. The molecule has 3 fully saturated rings. The van der Waals surface area contributed by atoms with E-state index in [0.29, 0.717) is 16.9 Å². The zero-order valence-electron chi connectivity index (χ0n) is 30.8. The average molecular weight is 821 g/mol. The first kappa shape index (κ1) is 40.6. The lowest BCUT2D eigenvalue weighted by Crippen LogP contribution is -2.68. The fourth-order valence-corrected chi connectivity index (χ4v) is 8.03. The van der Waals surface area contributed by atoms with E-state index in [9.17, 15) is 43.7 Å². The van der Waals surface area contributed by atoms with Crippen LogP contribution in [0.2, 0.25) is 0 Å². The summed E-state index contributed by atoms with van der Waals surface area (Å²) < 4.78 is 21.2. The van der Waals surface area contributed by atoms with Crippen LogP contribution in [0.5, 0.6) is 11.5 Å². The van der Waals surface area contributed by atoms with Crippen LogP contribution in [-0.4, -0.2) is 105 Å². The van der Waals surface area contributed by atoms with Crippen LogP contribution in [-0.2, 0) is 41.9 Å². The predicted molar refractivity (Wildman–Crippen MR) is 199 cm³/mol. The van der Waals surface area contributed by atoms with Crippen molar-refractivity contribution in [3.8, 4) is 11.5 Å². The van der Waals surface area contributed by atoms with Crippen molar-refractivity contribution in [3.63, 3.8) is 0 Å². The lowest BCUT2D eigenvalue weighted by atomic mass is 10.0. The van der Waals surface area contributed by atoms with Gasteiger partial charge in [0.25, 0.3) is 5.69 Å². The molecule has 0 unspecified atom stereocenters. The summed E-state index contributed by atoms with van der Waals surface area (Å²) in [5, 5.41) is 16.2. The van der Waals surface area contributed by atoms with Gasteiger partial charge in [-0.1, -0.05) is 36.0 Å². The first-order valence-corrected chi connectivity index (χ1v) is 18.3. The number of methoxy groups -OCH3 is 1. The Hall–Kier alpha value is -7.10. The second-order valence-electron chi connectivity index (χ2n) is 13.0. The molecule has 7 amide bonds. The summed E-state index contributed by atoms with van der Waals surface area (Å²) in [7, 11) is 1.51. The lowest BCUT2D eigenvalue weighted by molar-refractivity contribution is -0.384. The fourth-order valence-electron chi connectivity index (χ4n) is 6.34. The highest BCUT2D eigenvalue weighted by Crippen LogP contribution is 2.50. The Morgan fingerprint density at radius 1 is 0.931 bits per heavy atom. The van der Waals surface area contributed by atoms with Gasteiger partial charge in [-0.3, -0.25) is 29.4 Å². The maximum Gasteiger partial charge on any atom is 0.408 e. The number of carbonyl (C=O) groups excluding carboxylic acids is 7. The molecule has 58 heavy (non-hydrogen) atoms. The molecule has 0 saturated carbocycles. The average Bonchev–Trinajstić information content (AvgIpc) is 3.75. The summed E-state index contributed by atoms with van der Waals surface area (Å²) in [6.07, 6.45) is -0.978. The number of amides is 7. The minimum atomic E-state index is -1.87. The van der Waals surface area contributed by atoms with Crippen LogP contribution < -0.4 is 31.3 Å². The van der Waals surface area contributed by atoms with Gasteiger partial charge in [-0.05, 0) is 53.1 Å². The number of fused-ring (bicyclic) bond motifs is 1. The number of rotatable bonds is 14. The number of β-lactam (4-membered cyclic amide) rings is 1. The first-order chi connectivity index (χ1) is 27.7. The highest BCUT2D eigenvalue weighted by atomic mass is 32.2. The SMILES string of the molecule is COc1ccc(COC(=O)N[C@@H](C(=O)N[C@@H]2C(=O)N3C[C@@](C(=O)OCc4ccc([N+](=O)[O-])cc4)(N4CCN(NC(N)=O)C4=O)S[C@H]23)c2ccc(OC(C)=O)cc2)cc1. The number of esters is 2. The largest absolute Gasteiger partial charge is 0.497 e. The Labute approximate surface area is 333 Å². The number of nitrogens with zero attached hydrogens (tertiary/aromatic N) is 4. The number of ether oxygens (including phenoxy) is 4. The van der Waals surface area contributed by atoms with E-state index in [4.69, 9.17) is 24.7 Å². The Balaban J connectivity index is 1.20. The molecule has 0 aliphatic carbocycles. The Morgan fingerprint density at radius 2 is 1.55 bits per heavy atom. The number of nitrogens with one attached hydrogen (secondary N) is 3. The number of hydrogen-bond acceptors (Lipinski definition) is 14. The predicted octanol–water partition coefficient (Wildman–Crippen LogP) is 1.66. The van der Waals surface area contributed by atoms with Crippen LogP contribution >= 0.6 is 11.8 Å². The molecule has 3 heterocycles. The molecular weight excluding hydrogens is 785 g/mol. The summed E-state index contributed by atoms with van der Waals surface area (Å²) in [6.45, 7) is 0.177. The van der Waals surface area contributed by atoms with Crippen molar-refractivity contribution in [1.29, 1.82) is 0 Å². The fraction of sp³-hybridized carbons (Fsp3) is 0.306. The normalized spacial score (nSPS) is 19.9. The summed E-state index contributed by atoms with van der Waals surface area (Å²) in [5.74, 6) is -2.21. The molecule has 0 spiro atoms. The molecule has 3 saturated heterocycles. The van der Waals surface area contributed by atoms with Crippen molar-refractivity contribution in [2.45, 2.75) is 42.5 Å². The van der Waals surface area contributed by atoms with E-state index in [1.165, 1.54) is 67.5 Å². The third kappa shape index (κ3) is 8.65. The number of alkyl carbamates (subject to hydrolysis) is 1. The Kier molecular flexibility index (Phi) is 11.9. The highest BCUT2D eigenvalue weighted by molar-refractivity contribution is 8.02. The van der Waals surface area contributed by atoms with E-state index >= 15 is 0 Å². The van der Waals surface area contributed by atoms with E-state index in [0.717, 1.165) is 21.7 Å². The van der Waals surface area contributed by atoms with E-state index in [-0.39, 0.29) is 49.8 Å². The summed E-state index contributed by atoms with van der Waals surface area (Å²) in [4.78, 5) is 102. The number of nitro groups is 1. The first-order valence-electron chi connectivity index (χ1n) is 17.4. The van der Waals surface area contributed by atoms with E-state index in [2.05, 4.69) is 16.1 Å². The molecule has 5 N–H and O–H groups in total. The smallest absolute Gasteiger partial charge is 0.408 e. The molecular formula is C36H36N8O13S. The molecule has 3 aliphatic rings. The molecule has 6 rings (SSSR count). The van der Waals surface area contributed by atoms with Crippen molar-refractivity contribution >= 4 is 59.4 Å². The molecule has 0 bridgehead atoms. The van der Waals surface area contributed by atoms with E-state index in [1.54, 1.807) is 24.3 Å². The molecule has 0 aromatic heterocycles. The van der Waals surface area contributed by atoms with Crippen molar-refractivity contribution in [2.24, 2.45) is 5.73 Å².